The molecule has 21 heteroatoms. The Bertz CT molecular complexity index is 3620. The van der Waals surface area contributed by atoms with Gasteiger partial charge in [-0.1, -0.05) is 94.4 Å². The highest BCUT2D eigenvalue weighted by Crippen LogP contribution is 2.43. The van der Waals surface area contributed by atoms with E-state index in [0.29, 0.717) is 48.3 Å². The molecule has 3 fully saturated rings. The van der Waals surface area contributed by atoms with Crippen LogP contribution in [0.15, 0.2) is 102 Å². The molecule has 5 atom stereocenters. The van der Waals surface area contributed by atoms with E-state index in [9.17, 15) is 34.2 Å². The minimum atomic E-state index is -1.14. The SMILES string of the molecule is C=C(F)C(=O)N1CCN(c2nc(OCCN3CCC(C)(COc4cc([C@H](C(=O)N5C[C@H](O)C[C@H]5C(=O)C[C@@H](C)c5ccc(-c6ccnn6C)cc5)C(C)C)on4)CC3)nc3c(F)c(-c4cc(O)cc5ccccc45)c(Cl)cc23)C[C@@H]1CC#N. The molecule has 18 nitrogen and oxygen atoms in total. The van der Waals surface area contributed by atoms with Crippen molar-refractivity contribution in [3.05, 3.63) is 120 Å². The van der Waals surface area contributed by atoms with Crippen LogP contribution in [-0.2, 0) is 21.4 Å². The summed E-state index contributed by atoms with van der Waals surface area (Å²) in [5.41, 5.74) is 3.02. The summed E-state index contributed by atoms with van der Waals surface area (Å²) in [6.07, 6.45) is 2.67. The monoisotopic (exact) mass is 1150 g/mol. The van der Waals surface area contributed by atoms with E-state index in [4.69, 9.17) is 30.6 Å². The van der Waals surface area contributed by atoms with Crippen LogP contribution in [0, 0.1) is 28.5 Å². The van der Waals surface area contributed by atoms with Gasteiger partial charge in [-0.05, 0) is 94.7 Å². The standard InChI is InChI=1S/C62H67ClF2N10O8/c1-36(2)54(60(80)75-34-44(77)30-50(75)51(78)27-37(3)39-11-13-40(14-12-39)49-16-20-67-71(49)6)52-32-53(70-83-52)82-35-62(5)17-21-72(22-18-62)25-26-81-61-68-57-47(58(69-61)73-23-24-74(59(79)38(4)64)42(33-73)15-19-66)31-48(63)55(56(57)65)46-29-43(76)28-41-9-7-8-10-45(41)46/h7-14,16,20,28-29,31-32,36-37,42,44,50,54,76-77H,4,15,17-18,21-27,30,33-35H2,1-3,5-6H3/t37-,42+,44-,50+,54-/m1/s1. The number of phenols is 1. The molecule has 0 spiro atoms. The Kier molecular flexibility index (Phi) is 17.2. The predicted octanol–water partition coefficient (Wildman–Crippen LogP) is 9.77. The van der Waals surface area contributed by atoms with Gasteiger partial charge in [0.05, 0.1) is 48.0 Å². The molecule has 2 N–H and O–H groups in total. The Morgan fingerprint density at radius 2 is 1.72 bits per heavy atom. The van der Waals surface area contributed by atoms with E-state index < -0.39 is 41.7 Å². The first-order chi connectivity index (χ1) is 39.8. The summed E-state index contributed by atoms with van der Waals surface area (Å²) >= 11 is 6.95. The maximum atomic E-state index is 17.3. The summed E-state index contributed by atoms with van der Waals surface area (Å²) in [6.45, 7) is 13.7. The summed E-state index contributed by atoms with van der Waals surface area (Å²) in [5, 5.41) is 41.3. The highest BCUT2D eigenvalue weighted by Gasteiger charge is 2.44. The van der Waals surface area contributed by atoms with Gasteiger partial charge in [0.15, 0.2) is 23.2 Å². The molecule has 0 saturated carbocycles. The second-order valence-electron chi connectivity index (χ2n) is 22.9. The summed E-state index contributed by atoms with van der Waals surface area (Å²) in [4.78, 5) is 57.3. The number of fused-ring (bicyclic) bond motifs is 2. The van der Waals surface area contributed by atoms with Gasteiger partial charge >= 0.3 is 6.01 Å². The molecule has 4 aromatic carbocycles. The summed E-state index contributed by atoms with van der Waals surface area (Å²) in [6, 6.07) is 23.9. The smallest absolute Gasteiger partial charge is 0.319 e. The van der Waals surface area contributed by atoms with Crippen LogP contribution in [0.5, 0.6) is 17.6 Å². The van der Waals surface area contributed by atoms with E-state index in [1.54, 1.807) is 52.2 Å². The van der Waals surface area contributed by atoms with Crippen LogP contribution >= 0.6 is 11.6 Å². The number of ether oxygens (including phenoxy) is 2. The number of aliphatic hydroxyl groups is 1. The number of hydrogen-bond donors (Lipinski definition) is 2. The van der Waals surface area contributed by atoms with Crippen LogP contribution in [0.2, 0.25) is 5.02 Å². The number of piperidine rings is 1. The molecule has 3 aromatic heterocycles. The first-order valence-corrected chi connectivity index (χ1v) is 28.4. The van der Waals surface area contributed by atoms with E-state index in [2.05, 4.69) is 39.7 Å². The maximum absolute atomic E-state index is 17.3. The first kappa shape index (κ1) is 58.2. The van der Waals surface area contributed by atoms with Crippen molar-refractivity contribution in [2.45, 2.75) is 89.8 Å². The molecule has 6 heterocycles. The lowest BCUT2D eigenvalue weighted by atomic mass is 9.81. The number of aromatic hydroxyl groups is 1. The number of aliphatic hydroxyl groups excluding tert-OH is 1. The zero-order valence-electron chi connectivity index (χ0n) is 47.1. The fourth-order valence-corrected chi connectivity index (χ4v) is 12.2. The van der Waals surface area contributed by atoms with E-state index in [1.807, 2.05) is 64.2 Å². The number of amides is 2. The van der Waals surface area contributed by atoms with Crippen LogP contribution in [0.4, 0.5) is 14.6 Å². The second-order valence-corrected chi connectivity index (χ2v) is 23.3. The number of Topliss-reactive ketones (excluding diaryl/α,β-unsaturated/α-hetero) is 1. The Labute approximate surface area is 484 Å². The number of halogens is 3. The number of carbonyl (C=O) groups excluding carboxylic acids is 3. The number of nitrogens with zero attached hydrogens (tertiary/aromatic N) is 10. The van der Waals surface area contributed by atoms with Gasteiger partial charge in [0, 0.05) is 81.2 Å². The van der Waals surface area contributed by atoms with Crippen molar-refractivity contribution < 1.29 is 47.4 Å². The van der Waals surface area contributed by atoms with Crippen molar-refractivity contribution in [1.82, 2.24) is 39.6 Å². The third-order valence-corrected chi connectivity index (χ3v) is 16.9. The first-order valence-electron chi connectivity index (χ1n) is 28.0. The summed E-state index contributed by atoms with van der Waals surface area (Å²) in [5.74, 6) is -3.64. The molecule has 7 aromatic rings. The largest absolute Gasteiger partial charge is 0.508 e. The lowest BCUT2D eigenvalue weighted by Gasteiger charge is -2.41. The number of nitriles is 1. The molecule has 0 bridgehead atoms. The van der Waals surface area contributed by atoms with Gasteiger partial charge in [0.1, 0.15) is 29.6 Å². The summed E-state index contributed by atoms with van der Waals surface area (Å²) in [7, 11) is 1.89. The van der Waals surface area contributed by atoms with Crippen molar-refractivity contribution in [3.63, 3.8) is 0 Å². The number of likely N-dealkylation sites (tertiary alicyclic amines) is 2. The zero-order valence-corrected chi connectivity index (χ0v) is 47.9. The van der Waals surface area contributed by atoms with Crippen LogP contribution in [0.25, 0.3) is 44.1 Å². The summed E-state index contributed by atoms with van der Waals surface area (Å²) < 4.78 is 51.5. The van der Waals surface area contributed by atoms with Crippen molar-refractivity contribution in [1.29, 1.82) is 5.26 Å². The Morgan fingerprint density at radius 1 is 0.964 bits per heavy atom. The minimum Gasteiger partial charge on any atom is -0.508 e. The molecule has 10 rings (SSSR count). The number of phenolic OH excluding ortho intramolecular Hbond substituents is 1. The number of piperazine rings is 1. The average Bonchev–Trinajstić information content (AvgIpc) is 3.68. The number of β-amino-alcohol motifs (C(OH)–C–C–N with tert-alkyl or cyclic N) is 1. The van der Waals surface area contributed by atoms with Gasteiger partial charge in [-0.2, -0.15) is 20.3 Å². The molecule has 0 aliphatic carbocycles. The van der Waals surface area contributed by atoms with Crippen LogP contribution in [0.3, 0.4) is 0 Å². The van der Waals surface area contributed by atoms with Gasteiger partial charge in [-0.3, -0.25) is 24.0 Å². The third-order valence-electron chi connectivity index (χ3n) is 16.6. The maximum Gasteiger partial charge on any atom is 0.319 e. The Morgan fingerprint density at radius 3 is 2.43 bits per heavy atom. The molecule has 3 aliphatic heterocycles. The number of anilines is 1. The van der Waals surface area contributed by atoms with Crippen molar-refractivity contribution in [3.8, 4) is 46.1 Å². The van der Waals surface area contributed by atoms with Crippen LogP contribution in [-0.4, -0.2) is 145 Å². The number of aryl methyl sites for hydroxylation is 1. The predicted molar refractivity (Wildman–Crippen MR) is 309 cm³/mol. The van der Waals surface area contributed by atoms with E-state index >= 15 is 4.39 Å². The molecule has 3 saturated heterocycles. The fraction of sp³-hybridized carbons (Fsp3) is 0.419. The average molecular weight is 1150 g/mol. The highest BCUT2D eigenvalue weighted by atomic mass is 35.5. The zero-order chi connectivity index (χ0) is 58.9. The van der Waals surface area contributed by atoms with Crippen LogP contribution in [0.1, 0.15) is 83.0 Å². The molecule has 3 aliphatic rings. The van der Waals surface area contributed by atoms with E-state index in [-0.39, 0.29) is 126 Å². The number of rotatable bonds is 19. The highest BCUT2D eigenvalue weighted by molar-refractivity contribution is 6.35. The second kappa shape index (κ2) is 24.5. The number of carbonyl (C=O) groups is 3. The molecule has 434 valence electrons. The molecular formula is C62H67ClF2N10O8. The lowest BCUT2D eigenvalue weighted by molar-refractivity contribution is -0.140. The number of ketones is 1. The topological polar surface area (TPSA) is 217 Å². The fourth-order valence-electron chi connectivity index (χ4n) is 11.9. The molecule has 0 unspecified atom stereocenters. The Balaban J connectivity index is 0.778. The third kappa shape index (κ3) is 12.4. The number of aromatic nitrogens is 5. The Hall–Kier alpha value is -7.99. The van der Waals surface area contributed by atoms with E-state index in [1.165, 1.54) is 15.9 Å². The molecule has 0 radical (unpaired) electrons. The van der Waals surface area contributed by atoms with E-state index in [0.717, 1.165) is 29.7 Å². The molecule has 83 heavy (non-hydrogen) atoms. The van der Waals surface area contributed by atoms with Gasteiger partial charge in [-0.25, -0.2) is 8.78 Å². The number of hydrogen-bond acceptors (Lipinski definition) is 15. The number of benzene rings is 4. The van der Waals surface area contributed by atoms with Crippen molar-refractivity contribution in [2.75, 3.05) is 63.9 Å². The van der Waals surface area contributed by atoms with Crippen molar-refractivity contribution in [2.24, 2.45) is 18.4 Å². The van der Waals surface area contributed by atoms with Gasteiger partial charge in [0.25, 0.3) is 11.8 Å². The quantitative estimate of drug-likeness (QED) is 0.0721. The molecular weight excluding hydrogens is 1090 g/mol. The van der Waals surface area contributed by atoms with Gasteiger partial charge < -0.3 is 38.9 Å². The van der Waals surface area contributed by atoms with Gasteiger partial charge in [-0.15, -0.1) is 0 Å². The van der Waals surface area contributed by atoms with Gasteiger partial charge in [0.2, 0.25) is 5.91 Å². The molecule has 2 amide bonds. The lowest BCUT2D eigenvalue weighted by Crippen LogP contribution is -2.55. The van der Waals surface area contributed by atoms with Crippen molar-refractivity contribution >= 4 is 56.7 Å². The van der Waals surface area contributed by atoms with Crippen LogP contribution < -0.4 is 14.4 Å². The minimum absolute atomic E-state index is 0.0177. The normalized spacial score (nSPS) is 19.0.